The molecular formula is C18H21N3O2. The monoisotopic (exact) mass is 311 g/mol. The summed E-state index contributed by atoms with van der Waals surface area (Å²) in [6, 6.07) is 8.07. The second-order valence-electron chi connectivity index (χ2n) is 6.66. The van der Waals surface area contributed by atoms with Crippen LogP contribution in [-0.2, 0) is 9.59 Å². The van der Waals surface area contributed by atoms with Crippen LogP contribution >= 0.6 is 0 Å². The van der Waals surface area contributed by atoms with Gasteiger partial charge in [-0.1, -0.05) is 12.1 Å². The first kappa shape index (κ1) is 15.5. The lowest BCUT2D eigenvalue weighted by Gasteiger charge is -2.36. The van der Waals surface area contributed by atoms with Crippen molar-refractivity contribution in [1.82, 2.24) is 5.32 Å². The van der Waals surface area contributed by atoms with E-state index in [1.165, 1.54) is 0 Å². The fraction of sp³-hybridized carbons (Fsp3) is 0.500. The van der Waals surface area contributed by atoms with E-state index in [4.69, 9.17) is 0 Å². The van der Waals surface area contributed by atoms with E-state index in [0.29, 0.717) is 19.4 Å². The number of carbonyl (C=O) groups excluding carboxylic acids is 2. The van der Waals surface area contributed by atoms with Gasteiger partial charge in [-0.2, -0.15) is 5.26 Å². The lowest BCUT2D eigenvalue weighted by Crippen LogP contribution is -2.54. The fourth-order valence-corrected chi connectivity index (χ4v) is 3.28. The topological polar surface area (TPSA) is 73.2 Å². The summed E-state index contributed by atoms with van der Waals surface area (Å²) in [4.78, 5) is 26.5. The van der Waals surface area contributed by atoms with E-state index in [9.17, 15) is 14.9 Å². The van der Waals surface area contributed by atoms with E-state index in [1.807, 2.05) is 32.0 Å². The highest BCUT2D eigenvalue weighted by Gasteiger charge is 2.42. The lowest BCUT2D eigenvalue weighted by molar-refractivity contribution is -0.128. The van der Waals surface area contributed by atoms with Crippen molar-refractivity contribution in [1.29, 1.82) is 5.26 Å². The van der Waals surface area contributed by atoms with Crippen LogP contribution in [0.3, 0.4) is 0 Å². The van der Waals surface area contributed by atoms with Gasteiger partial charge in [0.15, 0.2) is 0 Å². The van der Waals surface area contributed by atoms with Crippen molar-refractivity contribution in [3.63, 3.8) is 0 Å². The number of aryl methyl sites for hydroxylation is 1. The summed E-state index contributed by atoms with van der Waals surface area (Å²) < 4.78 is 0. The van der Waals surface area contributed by atoms with Crippen LogP contribution < -0.4 is 10.2 Å². The Balaban J connectivity index is 1.74. The first-order chi connectivity index (χ1) is 11.0. The minimum atomic E-state index is -0.702. The standard InChI is InChI=1S/C18H21N3O2/c1-12-5-3-6-15(13(12)2)21-10-14(9-16(21)22)17(23)20-18(11-19)7-4-8-18/h3,5-6,14H,4,7-10H2,1-2H3,(H,20,23). The zero-order valence-corrected chi connectivity index (χ0v) is 13.6. The first-order valence-corrected chi connectivity index (χ1v) is 8.06. The van der Waals surface area contributed by atoms with Crippen molar-refractivity contribution in [3.8, 4) is 6.07 Å². The van der Waals surface area contributed by atoms with Crippen LogP contribution in [0.15, 0.2) is 18.2 Å². The second-order valence-corrected chi connectivity index (χ2v) is 6.66. The molecule has 23 heavy (non-hydrogen) atoms. The molecule has 1 atom stereocenters. The molecule has 1 N–H and O–H groups in total. The molecule has 2 aliphatic rings. The van der Waals surface area contributed by atoms with E-state index >= 15 is 0 Å². The van der Waals surface area contributed by atoms with Crippen molar-refractivity contribution < 1.29 is 9.59 Å². The molecule has 0 bridgehead atoms. The predicted molar refractivity (Wildman–Crippen MR) is 86.7 cm³/mol. The number of hydrogen-bond donors (Lipinski definition) is 1. The highest BCUT2D eigenvalue weighted by molar-refractivity contribution is 6.01. The van der Waals surface area contributed by atoms with Crippen LogP contribution in [0.2, 0.25) is 0 Å². The summed E-state index contributed by atoms with van der Waals surface area (Å²) in [5, 5.41) is 12.1. The Kier molecular flexibility index (Phi) is 3.85. The average molecular weight is 311 g/mol. The van der Waals surface area contributed by atoms with E-state index in [1.54, 1.807) is 4.90 Å². The molecule has 3 rings (SSSR count). The van der Waals surface area contributed by atoms with E-state index in [-0.39, 0.29) is 24.2 Å². The van der Waals surface area contributed by atoms with Crippen LogP contribution in [0, 0.1) is 31.1 Å². The number of benzene rings is 1. The third-order valence-corrected chi connectivity index (χ3v) is 5.15. The molecule has 2 fully saturated rings. The summed E-state index contributed by atoms with van der Waals surface area (Å²) in [5.41, 5.74) is 2.37. The SMILES string of the molecule is Cc1cccc(N2CC(C(=O)NC3(C#N)CCC3)CC2=O)c1C. The van der Waals surface area contributed by atoms with Gasteiger partial charge in [0.2, 0.25) is 11.8 Å². The van der Waals surface area contributed by atoms with Gasteiger partial charge in [-0.3, -0.25) is 9.59 Å². The van der Waals surface area contributed by atoms with Gasteiger partial charge in [0.05, 0.1) is 12.0 Å². The maximum absolute atomic E-state index is 12.4. The summed E-state index contributed by atoms with van der Waals surface area (Å²) >= 11 is 0. The van der Waals surface area contributed by atoms with Gasteiger partial charge in [0.1, 0.15) is 5.54 Å². The van der Waals surface area contributed by atoms with Crippen LogP contribution in [0.25, 0.3) is 0 Å². The molecule has 5 heteroatoms. The smallest absolute Gasteiger partial charge is 0.227 e. The van der Waals surface area contributed by atoms with Gasteiger partial charge in [-0.05, 0) is 50.3 Å². The van der Waals surface area contributed by atoms with Crippen molar-refractivity contribution in [2.45, 2.75) is 45.1 Å². The highest BCUT2D eigenvalue weighted by atomic mass is 16.2. The van der Waals surface area contributed by atoms with Crippen LogP contribution in [0.1, 0.15) is 36.8 Å². The number of nitriles is 1. The van der Waals surface area contributed by atoms with Crippen LogP contribution in [-0.4, -0.2) is 23.9 Å². The van der Waals surface area contributed by atoms with Crippen molar-refractivity contribution >= 4 is 17.5 Å². The maximum Gasteiger partial charge on any atom is 0.227 e. The highest BCUT2D eigenvalue weighted by Crippen LogP contribution is 2.33. The van der Waals surface area contributed by atoms with Gasteiger partial charge >= 0.3 is 0 Å². The van der Waals surface area contributed by atoms with Crippen molar-refractivity contribution in [2.24, 2.45) is 5.92 Å². The van der Waals surface area contributed by atoms with Crippen molar-refractivity contribution in [3.05, 3.63) is 29.3 Å². The Morgan fingerprint density at radius 1 is 1.39 bits per heavy atom. The molecule has 1 aromatic rings. The number of carbonyl (C=O) groups is 2. The van der Waals surface area contributed by atoms with Gasteiger partial charge in [-0.25, -0.2) is 0 Å². The van der Waals surface area contributed by atoms with Gasteiger partial charge < -0.3 is 10.2 Å². The molecule has 5 nitrogen and oxygen atoms in total. The van der Waals surface area contributed by atoms with Gasteiger partial charge in [-0.15, -0.1) is 0 Å². The Hall–Kier alpha value is -2.35. The first-order valence-electron chi connectivity index (χ1n) is 8.06. The molecule has 1 saturated heterocycles. The van der Waals surface area contributed by atoms with Crippen molar-refractivity contribution in [2.75, 3.05) is 11.4 Å². The maximum atomic E-state index is 12.4. The predicted octanol–water partition coefficient (Wildman–Crippen LogP) is 2.22. The molecule has 1 unspecified atom stereocenters. The molecular weight excluding hydrogens is 290 g/mol. The second kappa shape index (κ2) is 5.69. The zero-order valence-electron chi connectivity index (χ0n) is 13.6. The Bertz CT molecular complexity index is 701. The molecule has 1 aliphatic carbocycles. The third kappa shape index (κ3) is 2.70. The summed E-state index contributed by atoms with van der Waals surface area (Å²) in [6.07, 6.45) is 2.58. The van der Waals surface area contributed by atoms with Gasteiger partial charge in [0, 0.05) is 18.7 Å². The number of amides is 2. The summed E-state index contributed by atoms with van der Waals surface area (Å²) in [5.74, 6) is -0.584. The Labute approximate surface area is 136 Å². The Morgan fingerprint density at radius 2 is 2.13 bits per heavy atom. The number of anilines is 1. The molecule has 1 heterocycles. The minimum absolute atomic E-state index is 0.0292. The van der Waals surface area contributed by atoms with Gasteiger partial charge in [0.25, 0.3) is 0 Å². The number of nitrogens with one attached hydrogen (secondary N) is 1. The summed E-state index contributed by atoms with van der Waals surface area (Å²) in [7, 11) is 0. The molecule has 1 aliphatic heterocycles. The van der Waals surface area contributed by atoms with E-state index < -0.39 is 5.54 Å². The molecule has 1 aromatic carbocycles. The molecule has 120 valence electrons. The minimum Gasteiger partial charge on any atom is -0.338 e. The lowest BCUT2D eigenvalue weighted by atomic mass is 9.77. The number of hydrogen-bond acceptors (Lipinski definition) is 3. The third-order valence-electron chi connectivity index (χ3n) is 5.15. The largest absolute Gasteiger partial charge is 0.338 e. The van der Waals surface area contributed by atoms with E-state index in [2.05, 4.69) is 11.4 Å². The molecule has 0 spiro atoms. The fourth-order valence-electron chi connectivity index (χ4n) is 3.28. The number of rotatable bonds is 3. The van der Waals surface area contributed by atoms with Crippen LogP contribution in [0.5, 0.6) is 0 Å². The van der Waals surface area contributed by atoms with Crippen LogP contribution in [0.4, 0.5) is 5.69 Å². The normalized spacial score (nSPS) is 22.4. The molecule has 1 saturated carbocycles. The quantitative estimate of drug-likeness (QED) is 0.930. The average Bonchev–Trinajstić information content (AvgIpc) is 2.87. The summed E-state index contributed by atoms with van der Waals surface area (Å²) in [6.45, 7) is 4.39. The molecule has 0 radical (unpaired) electrons. The molecule has 0 aromatic heterocycles. The van der Waals surface area contributed by atoms with E-state index in [0.717, 1.165) is 23.2 Å². The zero-order chi connectivity index (χ0) is 16.6. The molecule has 2 amide bonds. The Morgan fingerprint density at radius 3 is 2.74 bits per heavy atom. The number of nitrogens with zero attached hydrogens (tertiary/aromatic N) is 2.